The predicted octanol–water partition coefficient (Wildman–Crippen LogP) is 2.10. The van der Waals surface area contributed by atoms with Crippen LogP contribution < -0.4 is 5.73 Å². The molecule has 13 heavy (non-hydrogen) atoms. The molecule has 0 unspecified atom stereocenters. The first-order valence-corrected chi connectivity index (χ1v) is 3.52. The van der Waals surface area contributed by atoms with E-state index in [1.165, 1.54) is 0 Å². The van der Waals surface area contributed by atoms with Gasteiger partial charge >= 0.3 is 0 Å². The summed E-state index contributed by atoms with van der Waals surface area (Å²) < 4.78 is 0. The van der Waals surface area contributed by atoms with Crippen LogP contribution in [0.2, 0.25) is 0 Å². The maximum absolute atomic E-state index is 5.58. The molecule has 5 nitrogen and oxygen atoms in total. The fourth-order valence-corrected chi connectivity index (χ4v) is 1.02. The van der Waals surface area contributed by atoms with Crippen LogP contribution >= 0.6 is 0 Å². The van der Waals surface area contributed by atoms with E-state index in [2.05, 4.69) is 20.7 Å². The number of hydrogen-bond donors (Lipinski definition) is 1. The van der Waals surface area contributed by atoms with Gasteiger partial charge in [-0.25, -0.2) is 0 Å². The van der Waals surface area contributed by atoms with E-state index in [0.717, 1.165) is 5.56 Å². The van der Waals surface area contributed by atoms with Crippen molar-refractivity contribution in [2.45, 2.75) is 6.17 Å². The van der Waals surface area contributed by atoms with Gasteiger partial charge in [0.25, 0.3) is 0 Å². The van der Waals surface area contributed by atoms with Crippen LogP contribution in [0.3, 0.4) is 0 Å². The molecule has 1 aromatic carbocycles. The maximum Gasteiger partial charge on any atom is 0.210 e. The Bertz CT molecular complexity index is 336. The topological polar surface area (TPSA) is 75.5 Å². The average Bonchev–Trinajstić information content (AvgIpc) is 2.56. The molecule has 0 amide bonds. The molecule has 0 bridgehead atoms. The number of nitrogens with two attached hydrogens (primary N) is 1. The molecular weight excluding hydrogens is 262 g/mol. The Kier molecular flexibility index (Phi) is 3.30. The van der Waals surface area contributed by atoms with Crippen LogP contribution in [0, 0.1) is 0 Å². The molecule has 0 atom stereocenters. The molecule has 0 fully saturated rings. The third kappa shape index (κ3) is 2.21. The number of nitrogens with zero attached hydrogens (tertiary/aromatic N) is 4. The second kappa shape index (κ2) is 4.27. The van der Waals surface area contributed by atoms with Gasteiger partial charge in [-0.1, -0.05) is 12.1 Å². The van der Waals surface area contributed by atoms with Gasteiger partial charge in [0, 0.05) is 33.6 Å². The summed E-state index contributed by atoms with van der Waals surface area (Å²) >= 11 is 0. The van der Waals surface area contributed by atoms with Crippen molar-refractivity contribution in [3.05, 3.63) is 29.8 Å². The molecule has 1 radical (unpaired) electrons. The van der Waals surface area contributed by atoms with Crippen molar-refractivity contribution in [2.24, 2.45) is 20.7 Å². The zero-order chi connectivity index (χ0) is 8.39. The Hall–Kier alpha value is -1.04. The molecule has 0 saturated carbocycles. The van der Waals surface area contributed by atoms with Gasteiger partial charge in [0.2, 0.25) is 6.17 Å². The molecule has 0 aliphatic carbocycles. The molecule has 2 N–H and O–H groups in total. The maximum atomic E-state index is 5.58. The zero-order valence-corrected chi connectivity index (χ0v) is 8.04. The summed E-state index contributed by atoms with van der Waals surface area (Å²) in [5, 5.41) is 14.4. The molecule has 1 aliphatic rings. The van der Waals surface area contributed by atoms with Gasteiger partial charge < -0.3 is 5.73 Å². The summed E-state index contributed by atoms with van der Waals surface area (Å²) in [6.07, 6.45) is -0.298. The van der Waals surface area contributed by atoms with Crippen molar-refractivity contribution >= 4 is 5.69 Å². The Morgan fingerprint density at radius 1 is 1.15 bits per heavy atom. The summed E-state index contributed by atoms with van der Waals surface area (Å²) in [6, 6.07) is 7.37. The first kappa shape index (κ1) is 10.0. The molecule has 71 valence electrons. The van der Waals surface area contributed by atoms with Gasteiger partial charge in [-0.15, -0.1) is 10.2 Å². The monoisotopic (exact) mass is 268 g/mol. The Morgan fingerprint density at radius 3 is 2.46 bits per heavy atom. The minimum absolute atomic E-state index is 0. The largest absolute Gasteiger partial charge is 0.399 e. The van der Waals surface area contributed by atoms with Crippen LogP contribution in [0.15, 0.2) is 44.9 Å². The van der Waals surface area contributed by atoms with Crippen molar-refractivity contribution in [1.29, 1.82) is 0 Å². The number of hydrogen-bond acceptors (Lipinski definition) is 5. The van der Waals surface area contributed by atoms with Crippen LogP contribution in [0.25, 0.3) is 0 Å². The normalized spacial score (nSPS) is 14.5. The van der Waals surface area contributed by atoms with E-state index in [1.54, 1.807) is 0 Å². The Labute approximate surface area is 90.6 Å². The fraction of sp³-hybridized carbons (Fsp3) is 0.143. The SMILES string of the molecule is Nc1cccc(C2N=NN=N2)c1.[Ag]. The molecule has 0 spiro atoms. The van der Waals surface area contributed by atoms with Crippen LogP contribution in [-0.4, -0.2) is 0 Å². The molecule has 0 aromatic heterocycles. The van der Waals surface area contributed by atoms with Gasteiger partial charge in [0.1, 0.15) is 0 Å². The minimum atomic E-state index is -0.298. The average molecular weight is 269 g/mol. The minimum Gasteiger partial charge on any atom is -0.399 e. The second-order valence-electron chi connectivity index (χ2n) is 2.45. The fourth-order valence-electron chi connectivity index (χ4n) is 1.02. The predicted molar refractivity (Wildman–Crippen MR) is 43.3 cm³/mol. The first-order valence-electron chi connectivity index (χ1n) is 3.52. The molecule has 1 aromatic rings. The van der Waals surface area contributed by atoms with Crippen molar-refractivity contribution < 1.29 is 22.4 Å². The molecule has 1 aliphatic heterocycles. The second-order valence-corrected chi connectivity index (χ2v) is 2.45. The zero-order valence-electron chi connectivity index (χ0n) is 6.55. The third-order valence-corrected chi connectivity index (χ3v) is 1.57. The van der Waals surface area contributed by atoms with Crippen LogP contribution in [0.1, 0.15) is 11.7 Å². The van der Waals surface area contributed by atoms with Crippen molar-refractivity contribution in [3.8, 4) is 0 Å². The summed E-state index contributed by atoms with van der Waals surface area (Å²) in [5.74, 6) is 0. The molecule has 2 rings (SSSR count). The third-order valence-electron chi connectivity index (χ3n) is 1.57. The molecule has 6 heteroatoms. The Balaban J connectivity index is 0.000000845. The van der Waals surface area contributed by atoms with Gasteiger partial charge in [-0.05, 0) is 22.6 Å². The van der Waals surface area contributed by atoms with E-state index in [9.17, 15) is 0 Å². The van der Waals surface area contributed by atoms with E-state index in [0.29, 0.717) is 5.69 Å². The van der Waals surface area contributed by atoms with E-state index in [1.807, 2.05) is 24.3 Å². The summed E-state index contributed by atoms with van der Waals surface area (Å²) in [7, 11) is 0. The molecule has 0 saturated heterocycles. The van der Waals surface area contributed by atoms with E-state index in [4.69, 9.17) is 5.73 Å². The number of benzene rings is 1. The summed E-state index contributed by atoms with van der Waals surface area (Å²) in [5.41, 5.74) is 7.20. The van der Waals surface area contributed by atoms with Gasteiger partial charge in [0.15, 0.2) is 0 Å². The molecule has 1 heterocycles. The van der Waals surface area contributed by atoms with E-state index < -0.39 is 0 Å². The van der Waals surface area contributed by atoms with Crippen LogP contribution in [-0.2, 0) is 22.4 Å². The van der Waals surface area contributed by atoms with E-state index in [-0.39, 0.29) is 28.5 Å². The van der Waals surface area contributed by atoms with Crippen LogP contribution in [0.5, 0.6) is 0 Å². The molecular formula is C7H7AgN5. The van der Waals surface area contributed by atoms with Crippen molar-refractivity contribution in [1.82, 2.24) is 0 Å². The smallest absolute Gasteiger partial charge is 0.210 e. The number of rotatable bonds is 1. The van der Waals surface area contributed by atoms with E-state index >= 15 is 0 Å². The van der Waals surface area contributed by atoms with Crippen molar-refractivity contribution in [2.75, 3.05) is 5.73 Å². The van der Waals surface area contributed by atoms with Gasteiger partial charge in [0.05, 0.1) is 0 Å². The summed E-state index contributed by atoms with van der Waals surface area (Å²) in [6.45, 7) is 0. The van der Waals surface area contributed by atoms with Crippen LogP contribution in [0.4, 0.5) is 5.69 Å². The number of anilines is 1. The van der Waals surface area contributed by atoms with Gasteiger partial charge in [-0.3, -0.25) is 0 Å². The number of nitrogen functional groups attached to an aromatic ring is 1. The Morgan fingerprint density at radius 2 is 1.85 bits per heavy atom. The van der Waals surface area contributed by atoms with Gasteiger partial charge in [-0.2, -0.15) is 0 Å². The standard InChI is InChI=1S/C7H7N5.Ag/c8-6-3-1-2-5(4-6)7-9-11-12-10-7;/h1-4,7H,8H2;. The first-order chi connectivity index (χ1) is 5.86. The quantitative estimate of drug-likeness (QED) is 0.615. The van der Waals surface area contributed by atoms with Crippen molar-refractivity contribution in [3.63, 3.8) is 0 Å². The summed E-state index contributed by atoms with van der Waals surface area (Å²) in [4.78, 5) is 0.